The van der Waals surface area contributed by atoms with Crippen LogP contribution in [0.4, 0.5) is 0 Å². The summed E-state index contributed by atoms with van der Waals surface area (Å²) >= 11 is 0. The van der Waals surface area contributed by atoms with Gasteiger partial charge in [-0.25, -0.2) is 4.79 Å². The lowest BCUT2D eigenvalue weighted by Gasteiger charge is -2.26. The first-order valence-corrected chi connectivity index (χ1v) is 11.4. The molecule has 8 nitrogen and oxygen atoms in total. The van der Waals surface area contributed by atoms with Crippen LogP contribution in [0.3, 0.4) is 0 Å². The molecule has 0 bridgehead atoms. The molecule has 0 saturated carbocycles. The third kappa shape index (κ3) is 4.92. The van der Waals surface area contributed by atoms with Gasteiger partial charge in [0.05, 0.1) is 47.6 Å². The molecule has 35 heavy (non-hydrogen) atoms. The number of hydrogen-bond donors (Lipinski definition) is 0. The average Bonchev–Trinajstić information content (AvgIpc) is 3.00. The first-order chi connectivity index (χ1) is 16.8. The van der Waals surface area contributed by atoms with Gasteiger partial charge in [-0.15, -0.1) is 0 Å². The van der Waals surface area contributed by atoms with Crippen molar-refractivity contribution < 1.29 is 38.0 Å². The molecule has 0 radical (unpaired) electrons. The van der Waals surface area contributed by atoms with Gasteiger partial charge in [0.25, 0.3) is 0 Å². The minimum Gasteiger partial charge on any atom is -0.493 e. The molecule has 0 saturated heterocycles. The number of esters is 2. The zero-order valence-corrected chi connectivity index (χ0v) is 21.2. The average molecular weight is 485 g/mol. The molecule has 0 aliphatic heterocycles. The Hall–Kier alpha value is -3.68. The van der Waals surface area contributed by atoms with Gasteiger partial charge in [-0.3, -0.25) is 4.79 Å². The largest absolute Gasteiger partial charge is 0.493 e. The molecule has 2 aromatic rings. The second kappa shape index (κ2) is 11.2. The zero-order valence-electron chi connectivity index (χ0n) is 21.2. The van der Waals surface area contributed by atoms with E-state index in [1.807, 2.05) is 12.1 Å². The van der Waals surface area contributed by atoms with Gasteiger partial charge in [0, 0.05) is 11.5 Å². The van der Waals surface area contributed by atoms with Gasteiger partial charge >= 0.3 is 11.9 Å². The van der Waals surface area contributed by atoms with Crippen molar-refractivity contribution in [2.45, 2.75) is 26.7 Å². The standard InChI is InChI=1S/C27H32O8/c1-8-34-26(28)15(3)25-19-14-24(33-7)23(32-6)13-18(19)17-12-22(31-5)21(30-4)11-16(17)10-20(25)27(29)35-9-2/h10-15,25H,8-9H2,1-7H3/t15?,25-/m1/s1. The highest BCUT2D eigenvalue weighted by Gasteiger charge is 2.38. The normalized spacial score (nSPS) is 14.9. The number of carbonyl (C=O) groups excluding carboxylic acids is 2. The van der Waals surface area contributed by atoms with Gasteiger partial charge < -0.3 is 28.4 Å². The lowest BCUT2D eigenvalue weighted by atomic mass is 9.79. The van der Waals surface area contributed by atoms with E-state index < -0.39 is 23.8 Å². The number of benzene rings is 2. The summed E-state index contributed by atoms with van der Waals surface area (Å²) in [6, 6.07) is 7.28. The Labute approximate surface area is 205 Å². The van der Waals surface area contributed by atoms with E-state index in [1.54, 1.807) is 60.3 Å². The molecule has 0 N–H and O–H groups in total. The maximum Gasteiger partial charge on any atom is 0.334 e. The number of hydrogen-bond acceptors (Lipinski definition) is 8. The number of carbonyl (C=O) groups is 2. The third-order valence-corrected chi connectivity index (χ3v) is 6.05. The van der Waals surface area contributed by atoms with E-state index in [0.717, 1.165) is 11.1 Å². The van der Waals surface area contributed by atoms with Crippen LogP contribution in [0.15, 0.2) is 29.8 Å². The van der Waals surface area contributed by atoms with Crippen molar-refractivity contribution in [3.05, 3.63) is 41.0 Å². The van der Waals surface area contributed by atoms with E-state index >= 15 is 0 Å². The van der Waals surface area contributed by atoms with Crippen molar-refractivity contribution in [3.63, 3.8) is 0 Å². The van der Waals surface area contributed by atoms with Crippen molar-refractivity contribution in [2.75, 3.05) is 41.7 Å². The lowest BCUT2D eigenvalue weighted by Crippen LogP contribution is -2.27. The van der Waals surface area contributed by atoms with Gasteiger partial charge in [-0.2, -0.15) is 0 Å². The predicted octanol–water partition coefficient (Wildman–Crippen LogP) is 4.63. The summed E-state index contributed by atoms with van der Waals surface area (Å²) in [5.74, 6) is -0.299. The molecule has 188 valence electrons. The minimum absolute atomic E-state index is 0.189. The molecule has 0 aromatic heterocycles. The lowest BCUT2D eigenvalue weighted by molar-refractivity contribution is -0.148. The topological polar surface area (TPSA) is 89.5 Å². The molecular weight excluding hydrogens is 452 g/mol. The van der Waals surface area contributed by atoms with Crippen LogP contribution in [0.2, 0.25) is 0 Å². The Bertz CT molecular complexity index is 1130. The molecule has 2 atom stereocenters. The van der Waals surface area contributed by atoms with Gasteiger partial charge in [0.1, 0.15) is 0 Å². The Morgan fingerprint density at radius 3 is 1.83 bits per heavy atom. The molecule has 3 rings (SSSR count). The van der Waals surface area contributed by atoms with Crippen LogP contribution in [-0.2, 0) is 19.1 Å². The van der Waals surface area contributed by atoms with E-state index in [2.05, 4.69) is 0 Å². The molecule has 1 unspecified atom stereocenters. The fraction of sp³-hybridized carbons (Fsp3) is 0.407. The van der Waals surface area contributed by atoms with Crippen LogP contribution < -0.4 is 18.9 Å². The van der Waals surface area contributed by atoms with Crippen LogP contribution in [0.5, 0.6) is 23.0 Å². The van der Waals surface area contributed by atoms with E-state index in [0.29, 0.717) is 39.7 Å². The van der Waals surface area contributed by atoms with Crippen LogP contribution in [0.25, 0.3) is 17.2 Å². The van der Waals surface area contributed by atoms with Crippen LogP contribution in [-0.4, -0.2) is 53.6 Å². The quantitative estimate of drug-likeness (QED) is 0.476. The molecule has 0 spiro atoms. The maximum absolute atomic E-state index is 13.3. The highest BCUT2D eigenvalue weighted by Crippen LogP contribution is 2.49. The first-order valence-electron chi connectivity index (χ1n) is 11.4. The Balaban J connectivity index is 2.44. The SMILES string of the molecule is CCOC(=O)C1=Cc2cc(OC)c(OC)cc2-c2cc(OC)c(OC)cc2[C@H]1C(C)C(=O)OCC. The summed E-state index contributed by atoms with van der Waals surface area (Å²) in [5.41, 5.74) is 3.27. The monoisotopic (exact) mass is 484 g/mol. The fourth-order valence-electron chi connectivity index (χ4n) is 4.41. The van der Waals surface area contributed by atoms with E-state index in [-0.39, 0.29) is 13.2 Å². The van der Waals surface area contributed by atoms with E-state index in [1.165, 1.54) is 7.11 Å². The van der Waals surface area contributed by atoms with Crippen LogP contribution >= 0.6 is 0 Å². The maximum atomic E-state index is 13.3. The Kier molecular flexibility index (Phi) is 8.27. The molecule has 2 aromatic carbocycles. The highest BCUT2D eigenvalue weighted by molar-refractivity contribution is 6.01. The van der Waals surface area contributed by atoms with Crippen molar-refractivity contribution in [1.29, 1.82) is 0 Å². The van der Waals surface area contributed by atoms with Crippen LogP contribution in [0, 0.1) is 5.92 Å². The van der Waals surface area contributed by atoms with Crippen molar-refractivity contribution in [1.82, 2.24) is 0 Å². The van der Waals surface area contributed by atoms with E-state index in [9.17, 15) is 9.59 Å². The number of fused-ring (bicyclic) bond motifs is 3. The number of ether oxygens (including phenoxy) is 6. The predicted molar refractivity (Wildman–Crippen MR) is 131 cm³/mol. The molecule has 0 heterocycles. The fourth-order valence-corrected chi connectivity index (χ4v) is 4.41. The molecule has 1 aliphatic rings. The molecule has 0 fully saturated rings. The number of rotatable bonds is 9. The van der Waals surface area contributed by atoms with E-state index in [4.69, 9.17) is 28.4 Å². The minimum atomic E-state index is -0.694. The van der Waals surface area contributed by atoms with Crippen molar-refractivity contribution in [3.8, 4) is 34.1 Å². The summed E-state index contributed by atoms with van der Waals surface area (Å²) in [6.45, 7) is 5.64. The summed E-state index contributed by atoms with van der Waals surface area (Å²) < 4.78 is 33.0. The summed E-state index contributed by atoms with van der Waals surface area (Å²) in [7, 11) is 6.19. The first kappa shape index (κ1) is 25.9. The van der Waals surface area contributed by atoms with Crippen molar-refractivity contribution >= 4 is 18.0 Å². The Morgan fingerprint density at radius 2 is 1.29 bits per heavy atom. The molecule has 1 aliphatic carbocycles. The van der Waals surface area contributed by atoms with Gasteiger partial charge in [-0.1, -0.05) is 6.92 Å². The summed E-state index contributed by atoms with van der Waals surface area (Å²) in [4.78, 5) is 26.2. The second-order valence-electron chi connectivity index (χ2n) is 7.93. The zero-order chi connectivity index (χ0) is 25.7. The highest BCUT2D eigenvalue weighted by atomic mass is 16.5. The molecule has 0 amide bonds. The van der Waals surface area contributed by atoms with Gasteiger partial charge in [0.2, 0.25) is 0 Å². The number of methoxy groups -OCH3 is 4. The van der Waals surface area contributed by atoms with Crippen molar-refractivity contribution in [2.24, 2.45) is 5.92 Å². The third-order valence-electron chi connectivity index (χ3n) is 6.05. The van der Waals surface area contributed by atoms with Gasteiger partial charge in [0.15, 0.2) is 23.0 Å². The van der Waals surface area contributed by atoms with Crippen LogP contribution in [0.1, 0.15) is 37.8 Å². The second-order valence-corrected chi connectivity index (χ2v) is 7.93. The Morgan fingerprint density at radius 1 is 0.771 bits per heavy atom. The molecular formula is C27H32O8. The summed E-state index contributed by atoms with van der Waals surface area (Å²) in [5, 5.41) is 0. The smallest absolute Gasteiger partial charge is 0.334 e. The molecule has 8 heteroatoms. The van der Waals surface area contributed by atoms with Gasteiger partial charge in [-0.05, 0) is 66.4 Å². The summed E-state index contributed by atoms with van der Waals surface area (Å²) in [6.07, 6.45) is 1.74.